The number of amides is 3. The molecule has 10 heteroatoms. The van der Waals surface area contributed by atoms with Gasteiger partial charge in [-0.1, -0.05) is 78.6 Å². The molecule has 1 saturated heterocycles. The number of ether oxygens (including phenoxy) is 2. The molecule has 1 aliphatic rings. The highest BCUT2D eigenvalue weighted by molar-refractivity contribution is 5.83. The van der Waals surface area contributed by atoms with Crippen molar-refractivity contribution in [3.63, 3.8) is 0 Å². The molecule has 3 amide bonds. The van der Waals surface area contributed by atoms with E-state index in [9.17, 15) is 19.5 Å². The van der Waals surface area contributed by atoms with Crippen LogP contribution in [0.2, 0.25) is 0 Å². The number of aryl methyl sites for hydroxylation is 1. The normalized spacial score (nSPS) is 20.0. The monoisotopic (exact) mass is 674 g/mol. The van der Waals surface area contributed by atoms with E-state index in [4.69, 9.17) is 9.47 Å². The molecule has 2 rings (SSSR count). The van der Waals surface area contributed by atoms with Gasteiger partial charge in [0.05, 0.1) is 54.8 Å². The number of methoxy groups -OCH3 is 2. The summed E-state index contributed by atoms with van der Waals surface area (Å²) in [5, 5.41) is 17.3. The molecule has 1 aromatic rings. The van der Waals surface area contributed by atoms with Gasteiger partial charge in [0.1, 0.15) is 0 Å². The van der Waals surface area contributed by atoms with Gasteiger partial charge in [0.2, 0.25) is 17.7 Å². The molecule has 0 radical (unpaired) electrons. The van der Waals surface area contributed by atoms with Crippen LogP contribution in [-0.4, -0.2) is 104 Å². The molecule has 0 saturated carbocycles. The smallest absolute Gasteiger partial charge is 0.240 e. The third kappa shape index (κ3) is 10.7. The standard InChI is InChI=1S/C38H66N4O6/c1-12-14-17-28-18-15-19-29(22-28)35(44)27(7)40-37(45)26(6)36(48-11)30-20-16-21-42(30)32(43)23-31(47-10)34(25(5)13-2)41(9)38(46)33(39-8)24(3)4/h15,18-19,22,24-27,30-31,33-36,39,44H,12-14,16-17,20-21,23H2,1-11H3,(H,40,45)/t25-,26+,27+,30-,31+,33-,34-,35+,36+/m0/s1. The first-order valence-electron chi connectivity index (χ1n) is 18.1. The number of nitrogens with one attached hydrogen (secondary N) is 2. The lowest BCUT2D eigenvalue weighted by Crippen LogP contribution is -2.56. The molecule has 1 fully saturated rings. The van der Waals surface area contributed by atoms with E-state index in [0.717, 1.165) is 37.7 Å². The van der Waals surface area contributed by atoms with Gasteiger partial charge in [-0.15, -0.1) is 0 Å². The Hall–Kier alpha value is -2.53. The van der Waals surface area contributed by atoms with Crippen molar-refractivity contribution in [3.05, 3.63) is 35.4 Å². The first kappa shape index (κ1) is 41.6. The second kappa shape index (κ2) is 20.2. The van der Waals surface area contributed by atoms with Crippen molar-refractivity contribution in [3.8, 4) is 0 Å². The minimum Gasteiger partial charge on any atom is -0.386 e. The molecular weight excluding hydrogens is 608 g/mol. The van der Waals surface area contributed by atoms with Crippen LogP contribution in [0, 0.1) is 17.8 Å². The zero-order valence-electron chi connectivity index (χ0n) is 31.6. The number of carbonyl (C=O) groups is 3. The number of hydrogen-bond donors (Lipinski definition) is 3. The number of benzene rings is 1. The highest BCUT2D eigenvalue weighted by atomic mass is 16.5. The SMILES string of the molecule is CCCCc1cccc([C@H](O)[C@@H](C)NC(=O)[C@H](C)[C@@H](OC)[C@@H]2CCCN2C(=O)C[C@@H](OC)[C@H]([C@@H](C)CC)N(C)C(=O)[C@@H](NC)C(C)C)c1. The number of hydrogen-bond acceptors (Lipinski definition) is 7. The maximum Gasteiger partial charge on any atom is 0.240 e. The van der Waals surface area contributed by atoms with Crippen LogP contribution in [0.1, 0.15) is 104 Å². The van der Waals surface area contributed by atoms with Crippen LogP contribution in [0.4, 0.5) is 0 Å². The summed E-state index contributed by atoms with van der Waals surface area (Å²) in [6.07, 6.45) is 3.70. The average molecular weight is 675 g/mol. The number of aliphatic hydroxyl groups excluding tert-OH is 1. The van der Waals surface area contributed by atoms with Gasteiger partial charge in [-0.2, -0.15) is 0 Å². The first-order chi connectivity index (χ1) is 22.8. The van der Waals surface area contributed by atoms with Crippen LogP contribution in [0.25, 0.3) is 0 Å². The molecule has 1 heterocycles. The number of aliphatic hydroxyl groups is 1. The van der Waals surface area contributed by atoms with E-state index in [1.807, 2.05) is 57.8 Å². The van der Waals surface area contributed by atoms with Gasteiger partial charge in [0.15, 0.2) is 0 Å². The van der Waals surface area contributed by atoms with E-state index >= 15 is 0 Å². The summed E-state index contributed by atoms with van der Waals surface area (Å²) in [4.78, 5) is 44.7. The number of nitrogens with zero attached hydrogens (tertiary/aromatic N) is 2. The van der Waals surface area contributed by atoms with Crippen LogP contribution in [0.5, 0.6) is 0 Å². The molecule has 0 unspecified atom stereocenters. The number of carbonyl (C=O) groups excluding carboxylic acids is 3. The molecular formula is C38H66N4O6. The van der Waals surface area contributed by atoms with Crippen molar-refractivity contribution in [1.29, 1.82) is 0 Å². The van der Waals surface area contributed by atoms with E-state index in [1.165, 1.54) is 5.56 Å². The summed E-state index contributed by atoms with van der Waals surface area (Å²) in [7, 11) is 6.79. The van der Waals surface area contributed by atoms with Crippen molar-refractivity contribution in [2.24, 2.45) is 17.8 Å². The Morgan fingerprint density at radius 3 is 2.33 bits per heavy atom. The Labute approximate surface area is 290 Å². The number of likely N-dealkylation sites (N-methyl/N-ethyl adjacent to an activating group) is 2. The lowest BCUT2D eigenvalue weighted by atomic mass is 9.89. The molecule has 0 spiro atoms. The predicted octanol–water partition coefficient (Wildman–Crippen LogP) is 4.73. The first-order valence-corrected chi connectivity index (χ1v) is 18.1. The molecule has 1 aliphatic heterocycles. The van der Waals surface area contributed by atoms with Crippen LogP contribution >= 0.6 is 0 Å². The van der Waals surface area contributed by atoms with E-state index in [1.54, 1.807) is 26.2 Å². The van der Waals surface area contributed by atoms with E-state index in [-0.39, 0.29) is 54.1 Å². The summed E-state index contributed by atoms with van der Waals surface area (Å²) in [6, 6.07) is 6.49. The Morgan fingerprint density at radius 2 is 1.77 bits per heavy atom. The maximum atomic E-state index is 14.0. The molecule has 0 aliphatic carbocycles. The van der Waals surface area contributed by atoms with Crippen LogP contribution < -0.4 is 10.6 Å². The van der Waals surface area contributed by atoms with Gasteiger partial charge >= 0.3 is 0 Å². The minimum absolute atomic E-state index is 0.0193. The van der Waals surface area contributed by atoms with Gasteiger partial charge in [0, 0.05) is 27.8 Å². The highest BCUT2D eigenvalue weighted by Crippen LogP contribution is 2.30. The summed E-state index contributed by atoms with van der Waals surface area (Å²) < 4.78 is 11.9. The minimum atomic E-state index is -0.855. The summed E-state index contributed by atoms with van der Waals surface area (Å²) in [5.41, 5.74) is 1.95. The van der Waals surface area contributed by atoms with Crippen molar-refractivity contribution in [2.45, 2.75) is 136 Å². The third-order valence-electron chi connectivity index (χ3n) is 10.5. The fourth-order valence-electron chi connectivity index (χ4n) is 7.30. The molecule has 274 valence electrons. The second-order valence-corrected chi connectivity index (χ2v) is 14.2. The Balaban J connectivity index is 2.18. The van der Waals surface area contributed by atoms with E-state index < -0.39 is 30.3 Å². The van der Waals surface area contributed by atoms with E-state index in [0.29, 0.717) is 13.0 Å². The molecule has 9 atom stereocenters. The number of unbranched alkanes of at least 4 members (excludes halogenated alkanes) is 1. The average Bonchev–Trinajstić information content (AvgIpc) is 3.56. The second-order valence-electron chi connectivity index (χ2n) is 14.2. The van der Waals surface area contributed by atoms with Gasteiger partial charge in [-0.25, -0.2) is 0 Å². The highest BCUT2D eigenvalue weighted by Gasteiger charge is 2.42. The van der Waals surface area contributed by atoms with Crippen molar-refractivity contribution < 1.29 is 29.0 Å². The number of likely N-dealkylation sites (tertiary alicyclic amines) is 1. The molecule has 48 heavy (non-hydrogen) atoms. The summed E-state index contributed by atoms with van der Waals surface area (Å²) in [5.74, 6) is -0.687. The molecule has 3 N–H and O–H groups in total. The fraction of sp³-hybridized carbons (Fsp3) is 0.763. The van der Waals surface area contributed by atoms with Gasteiger partial charge in [-0.05, 0) is 62.6 Å². The zero-order chi connectivity index (χ0) is 36.1. The molecule has 0 aromatic heterocycles. The van der Waals surface area contributed by atoms with Crippen molar-refractivity contribution >= 4 is 17.7 Å². The lowest BCUT2D eigenvalue weighted by molar-refractivity contribution is -0.147. The summed E-state index contributed by atoms with van der Waals surface area (Å²) >= 11 is 0. The van der Waals surface area contributed by atoms with Gasteiger partial charge in [0.25, 0.3) is 0 Å². The van der Waals surface area contributed by atoms with Crippen molar-refractivity contribution in [1.82, 2.24) is 20.4 Å². The van der Waals surface area contributed by atoms with Crippen LogP contribution in [0.15, 0.2) is 24.3 Å². The third-order valence-corrected chi connectivity index (χ3v) is 10.5. The van der Waals surface area contributed by atoms with Crippen LogP contribution in [-0.2, 0) is 30.3 Å². The Bertz CT molecular complexity index is 1150. The Morgan fingerprint density at radius 1 is 1.08 bits per heavy atom. The molecule has 10 nitrogen and oxygen atoms in total. The largest absolute Gasteiger partial charge is 0.386 e. The van der Waals surface area contributed by atoms with Crippen LogP contribution in [0.3, 0.4) is 0 Å². The fourth-order valence-corrected chi connectivity index (χ4v) is 7.30. The zero-order valence-corrected chi connectivity index (χ0v) is 31.6. The quantitative estimate of drug-likeness (QED) is 0.183. The van der Waals surface area contributed by atoms with Gasteiger partial charge in [-0.3, -0.25) is 14.4 Å². The van der Waals surface area contributed by atoms with Crippen molar-refractivity contribution in [2.75, 3.05) is 34.9 Å². The van der Waals surface area contributed by atoms with E-state index in [2.05, 4.69) is 37.5 Å². The number of rotatable bonds is 20. The summed E-state index contributed by atoms with van der Waals surface area (Å²) in [6.45, 7) is 14.5. The predicted molar refractivity (Wildman–Crippen MR) is 191 cm³/mol. The molecule has 0 bridgehead atoms. The molecule has 1 aromatic carbocycles. The van der Waals surface area contributed by atoms with Gasteiger partial charge < -0.3 is 35.0 Å². The Kier molecular flexibility index (Phi) is 17.5. The topological polar surface area (TPSA) is 120 Å². The lowest BCUT2D eigenvalue weighted by Gasteiger charge is -2.40. The maximum absolute atomic E-state index is 14.0.